The molecule has 2 heterocycles. The van der Waals surface area contributed by atoms with Gasteiger partial charge in [0.25, 0.3) is 0 Å². The molecule has 2 aromatic rings. The molecule has 4 rings (SSSR count). The fraction of sp³-hybridized carbons (Fsp3) is 0.429. The minimum atomic E-state index is 0.122. The highest BCUT2D eigenvalue weighted by molar-refractivity contribution is 5.95. The van der Waals surface area contributed by atoms with E-state index in [0.29, 0.717) is 5.88 Å². The Morgan fingerprint density at radius 2 is 2.00 bits per heavy atom. The molecule has 1 spiro atoms. The fourth-order valence-corrected chi connectivity index (χ4v) is 3.84. The molecule has 1 saturated heterocycles. The van der Waals surface area contributed by atoms with E-state index in [0.717, 1.165) is 43.8 Å². The van der Waals surface area contributed by atoms with Gasteiger partial charge in [-0.25, -0.2) is 4.98 Å². The highest BCUT2D eigenvalue weighted by Gasteiger charge is 2.57. The molecule has 1 aromatic carbocycles. The van der Waals surface area contributed by atoms with E-state index >= 15 is 0 Å². The van der Waals surface area contributed by atoms with E-state index < -0.39 is 0 Å². The Hall–Kier alpha value is -2.40. The van der Waals surface area contributed by atoms with Crippen molar-refractivity contribution in [1.29, 1.82) is 0 Å². The van der Waals surface area contributed by atoms with Gasteiger partial charge < -0.3 is 15.4 Å². The van der Waals surface area contributed by atoms with Gasteiger partial charge in [-0.3, -0.25) is 4.79 Å². The van der Waals surface area contributed by atoms with Crippen molar-refractivity contribution >= 4 is 11.6 Å². The number of nitrogens with zero attached hydrogens (tertiary/aromatic N) is 1. The van der Waals surface area contributed by atoms with Gasteiger partial charge >= 0.3 is 0 Å². The van der Waals surface area contributed by atoms with Crippen molar-refractivity contribution in [3.05, 3.63) is 47.7 Å². The molecule has 1 atom stereocenters. The molecule has 1 amide bonds. The summed E-state index contributed by atoms with van der Waals surface area (Å²) in [7, 11) is 0. The Balaban J connectivity index is 1.35. The summed E-state index contributed by atoms with van der Waals surface area (Å²) >= 11 is 0. The molecule has 0 bridgehead atoms. The topological polar surface area (TPSA) is 63.2 Å². The molecule has 136 valence electrons. The summed E-state index contributed by atoms with van der Waals surface area (Å²) in [6, 6.07) is 9.60. The van der Waals surface area contributed by atoms with Gasteiger partial charge in [0, 0.05) is 12.0 Å². The van der Waals surface area contributed by atoms with E-state index in [2.05, 4.69) is 29.5 Å². The first-order valence-electron chi connectivity index (χ1n) is 9.28. The second-order valence-electron chi connectivity index (χ2n) is 7.59. The zero-order valence-electron chi connectivity index (χ0n) is 15.3. The van der Waals surface area contributed by atoms with Gasteiger partial charge in [-0.15, -0.1) is 0 Å². The molecule has 5 heteroatoms. The normalized spacial score (nSPS) is 20.6. The number of piperidine rings is 1. The zero-order valence-corrected chi connectivity index (χ0v) is 15.3. The van der Waals surface area contributed by atoms with Gasteiger partial charge in [-0.1, -0.05) is 6.07 Å². The number of carbonyl (C=O) groups excluding carboxylic acids is 1. The maximum atomic E-state index is 12.5. The van der Waals surface area contributed by atoms with Crippen molar-refractivity contribution in [2.75, 3.05) is 18.4 Å². The second-order valence-corrected chi connectivity index (χ2v) is 7.59. The third-order valence-corrected chi connectivity index (χ3v) is 5.81. The van der Waals surface area contributed by atoms with Gasteiger partial charge in [-0.05, 0) is 80.9 Å². The lowest BCUT2D eigenvalue weighted by Gasteiger charge is -2.23. The quantitative estimate of drug-likeness (QED) is 0.879. The molecule has 0 radical (unpaired) electrons. The summed E-state index contributed by atoms with van der Waals surface area (Å²) in [6.45, 7) is 6.18. The monoisotopic (exact) mass is 351 g/mol. The fourth-order valence-electron chi connectivity index (χ4n) is 3.84. The first kappa shape index (κ1) is 17.0. The summed E-state index contributed by atoms with van der Waals surface area (Å²) in [6.07, 6.45) is 4.88. The third kappa shape index (κ3) is 3.44. The van der Waals surface area contributed by atoms with E-state index in [1.54, 1.807) is 12.3 Å². The summed E-state index contributed by atoms with van der Waals surface area (Å²) in [5, 5.41) is 6.37. The molecular formula is C21H25N3O2. The number of carbonyl (C=O) groups is 1. The van der Waals surface area contributed by atoms with Crippen LogP contribution in [0, 0.1) is 25.2 Å². The van der Waals surface area contributed by atoms with E-state index in [1.807, 2.05) is 24.3 Å². The largest absolute Gasteiger partial charge is 0.439 e. The first-order valence-corrected chi connectivity index (χ1v) is 9.28. The summed E-state index contributed by atoms with van der Waals surface area (Å²) in [5.41, 5.74) is 3.38. The van der Waals surface area contributed by atoms with Crippen molar-refractivity contribution in [2.45, 2.75) is 33.1 Å². The van der Waals surface area contributed by atoms with Crippen LogP contribution in [0.5, 0.6) is 11.6 Å². The minimum Gasteiger partial charge on any atom is -0.439 e. The standard InChI is InChI=1S/C21H25N3O2/c1-14-3-5-17(11-15(14)2)26-19-6-4-16(13-23-19)24-20(25)18-12-21(18)7-9-22-10-8-21/h3-6,11,13,18,22H,7-10,12H2,1-2H3,(H,24,25). The average molecular weight is 351 g/mol. The van der Waals surface area contributed by atoms with Crippen molar-refractivity contribution < 1.29 is 9.53 Å². The first-order chi connectivity index (χ1) is 12.6. The van der Waals surface area contributed by atoms with E-state index in [-0.39, 0.29) is 17.2 Å². The molecule has 2 aliphatic rings. The average Bonchev–Trinajstić information content (AvgIpc) is 3.33. The lowest BCUT2D eigenvalue weighted by atomic mass is 9.92. The Bertz CT molecular complexity index is 811. The molecule has 1 saturated carbocycles. The van der Waals surface area contributed by atoms with Crippen LogP contribution in [0.25, 0.3) is 0 Å². The SMILES string of the molecule is Cc1ccc(Oc2ccc(NC(=O)C3CC34CCNCC4)cn2)cc1C. The van der Waals surface area contributed by atoms with Crippen LogP contribution in [0.4, 0.5) is 5.69 Å². The Kier molecular flexibility index (Phi) is 4.41. The predicted octanol–water partition coefficient (Wildman–Crippen LogP) is 3.82. The number of aryl methyl sites for hydroxylation is 2. The van der Waals surface area contributed by atoms with Gasteiger partial charge in [-0.2, -0.15) is 0 Å². The molecule has 2 fully saturated rings. The number of ether oxygens (including phenoxy) is 1. The number of pyridine rings is 1. The molecule has 2 N–H and O–H groups in total. The van der Waals surface area contributed by atoms with Crippen LogP contribution in [0.2, 0.25) is 0 Å². The summed E-state index contributed by atoms with van der Waals surface area (Å²) < 4.78 is 5.79. The van der Waals surface area contributed by atoms with Crippen molar-refractivity contribution in [3.8, 4) is 11.6 Å². The summed E-state index contributed by atoms with van der Waals surface area (Å²) in [4.78, 5) is 16.8. The van der Waals surface area contributed by atoms with Gasteiger partial charge in [0.1, 0.15) is 5.75 Å². The lowest BCUT2D eigenvalue weighted by molar-refractivity contribution is -0.118. The second kappa shape index (κ2) is 6.72. The molecule has 1 unspecified atom stereocenters. The molecule has 5 nitrogen and oxygen atoms in total. The highest BCUT2D eigenvalue weighted by atomic mass is 16.5. The van der Waals surface area contributed by atoms with Gasteiger partial charge in [0.05, 0.1) is 11.9 Å². The maximum absolute atomic E-state index is 12.5. The van der Waals surface area contributed by atoms with E-state index in [9.17, 15) is 4.79 Å². The van der Waals surface area contributed by atoms with Crippen LogP contribution in [0.1, 0.15) is 30.4 Å². The van der Waals surface area contributed by atoms with Gasteiger partial charge in [0.15, 0.2) is 0 Å². The van der Waals surface area contributed by atoms with Crippen molar-refractivity contribution in [2.24, 2.45) is 11.3 Å². The number of nitrogens with one attached hydrogen (secondary N) is 2. The number of rotatable bonds is 4. The lowest BCUT2D eigenvalue weighted by Crippen LogP contribution is -2.31. The highest BCUT2D eigenvalue weighted by Crippen LogP contribution is 2.58. The molecule has 1 aromatic heterocycles. The predicted molar refractivity (Wildman–Crippen MR) is 102 cm³/mol. The van der Waals surface area contributed by atoms with Crippen LogP contribution in [-0.2, 0) is 4.79 Å². The van der Waals surface area contributed by atoms with Crippen molar-refractivity contribution in [1.82, 2.24) is 10.3 Å². The molecule has 1 aliphatic heterocycles. The van der Waals surface area contributed by atoms with Crippen molar-refractivity contribution in [3.63, 3.8) is 0 Å². The third-order valence-electron chi connectivity index (χ3n) is 5.81. The van der Waals surface area contributed by atoms with Crippen LogP contribution < -0.4 is 15.4 Å². The Labute approximate surface area is 154 Å². The number of hydrogen-bond acceptors (Lipinski definition) is 4. The van der Waals surface area contributed by atoms with E-state index in [4.69, 9.17) is 4.74 Å². The number of hydrogen-bond donors (Lipinski definition) is 2. The number of aromatic nitrogens is 1. The van der Waals surface area contributed by atoms with E-state index in [1.165, 1.54) is 11.1 Å². The van der Waals surface area contributed by atoms with Crippen LogP contribution in [-0.4, -0.2) is 24.0 Å². The van der Waals surface area contributed by atoms with Crippen LogP contribution in [0.15, 0.2) is 36.5 Å². The smallest absolute Gasteiger partial charge is 0.228 e. The molecule has 1 aliphatic carbocycles. The number of amides is 1. The Morgan fingerprint density at radius 1 is 1.19 bits per heavy atom. The van der Waals surface area contributed by atoms with Crippen LogP contribution >= 0.6 is 0 Å². The number of anilines is 1. The molecule has 26 heavy (non-hydrogen) atoms. The minimum absolute atomic E-state index is 0.122. The number of benzene rings is 1. The Morgan fingerprint density at radius 3 is 2.69 bits per heavy atom. The maximum Gasteiger partial charge on any atom is 0.228 e. The van der Waals surface area contributed by atoms with Gasteiger partial charge in [0.2, 0.25) is 11.8 Å². The zero-order chi connectivity index (χ0) is 18.1. The molecular weight excluding hydrogens is 326 g/mol. The van der Waals surface area contributed by atoms with Crippen LogP contribution in [0.3, 0.4) is 0 Å². The summed E-state index contributed by atoms with van der Waals surface area (Å²) in [5.74, 6) is 1.56.